The topological polar surface area (TPSA) is 71.3 Å². The second kappa shape index (κ2) is 10.3. The quantitative estimate of drug-likeness (QED) is 0.681. The van der Waals surface area contributed by atoms with Crippen LogP contribution < -0.4 is 14.8 Å². The predicted octanol–water partition coefficient (Wildman–Crippen LogP) is 3.68. The van der Waals surface area contributed by atoms with Crippen molar-refractivity contribution < 1.29 is 14.3 Å². The number of aryl methyl sites for hydroxylation is 1. The van der Waals surface area contributed by atoms with Gasteiger partial charge >= 0.3 is 0 Å². The fourth-order valence-electron chi connectivity index (χ4n) is 2.38. The molecule has 26 heavy (non-hydrogen) atoms. The molecule has 136 valence electrons. The van der Waals surface area contributed by atoms with Crippen molar-refractivity contribution in [2.45, 2.75) is 19.8 Å². The van der Waals surface area contributed by atoms with E-state index in [1.54, 1.807) is 6.07 Å². The second-order valence-electron chi connectivity index (χ2n) is 5.65. The van der Waals surface area contributed by atoms with E-state index in [9.17, 15) is 4.79 Å². The van der Waals surface area contributed by atoms with E-state index in [2.05, 4.69) is 5.32 Å². The van der Waals surface area contributed by atoms with E-state index in [0.717, 1.165) is 16.9 Å². The van der Waals surface area contributed by atoms with Crippen LogP contribution in [0.1, 0.15) is 17.5 Å². The molecule has 0 aliphatic carbocycles. The molecule has 6 heteroatoms. The largest absolute Gasteiger partial charge is 0.490 e. The number of nitriles is 1. The van der Waals surface area contributed by atoms with Crippen molar-refractivity contribution in [2.75, 3.05) is 19.8 Å². The highest BCUT2D eigenvalue weighted by molar-refractivity contribution is 6.30. The molecule has 5 nitrogen and oxygen atoms in total. The third kappa shape index (κ3) is 6.30. The van der Waals surface area contributed by atoms with Crippen molar-refractivity contribution in [1.82, 2.24) is 5.32 Å². The van der Waals surface area contributed by atoms with Crippen LogP contribution in [0.15, 0.2) is 42.5 Å². The Bertz CT molecular complexity index is 787. The lowest BCUT2D eigenvalue weighted by Crippen LogP contribution is -2.25. The Morgan fingerprint density at radius 2 is 1.88 bits per heavy atom. The summed E-state index contributed by atoms with van der Waals surface area (Å²) in [7, 11) is 0. The van der Waals surface area contributed by atoms with Crippen LogP contribution in [-0.4, -0.2) is 25.7 Å². The van der Waals surface area contributed by atoms with Gasteiger partial charge in [0, 0.05) is 11.6 Å². The van der Waals surface area contributed by atoms with Crippen molar-refractivity contribution >= 4 is 17.5 Å². The Balaban J connectivity index is 1.85. The summed E-state index contributed by atoms with van der Waals surface area (Å²) in [4.78, 5) is 11.4. The first kappa shape index (κ1) is 19.6. The number of ether oxygens (including phenoxy) is 2. The Hall–Kier alpha value is -2.71. The van der Waals surface area contributed by atoms with Gasteiger partial charge in [-0.15, -0.1) is 0 Å². The molecular formula is C20H21ClN2O3. The summed E-state index contributed by atoms with van der Waals surface area (Å²) in [6.07, 6.45) is 0.418. The lowest BCUT2D eigenvalue weighted by molar-refractivity contribution is -0.120. The maximum Gasteiger partial charge on any atom is 0.234 e. The summed E-state index contributed by atoms with van der Waals surface area (Å²) >= 11 is 6.06. The standard InChI is InChI=1S/C20H21ClN2O3/c1-15-4-2-3-5-18(15)25-12-13-26-19-7-6-17(21)14-16(19)9-11-23-20(24)8-10-22/h2-7,14H,8-9,11-13H2,1H3,(H,23,24). The van der Waals surface area contributed by atoms with Crippen LogP contribution in [-0.2, 0) is 11.2 Å². The average Bonchev–Trinajstić information content (AvgIpc) is 2.62. The number of benzene rings is 2. The van der Waals surface area contributed by atoms with E-state index in [4.69, 9.17) is 26.3 Å². The van der Waals surface area contributed by atoms with Crippen molar-refractivity contribution in [2.24, 2.45) is 0 Å². The zero-order valence-corrected chi connectivity index (χ0v) is 15.4. The van der Waals surface area contributed by atoms with Gasteiger partial charge in [-0.2, -0.15) is 5.26 Å². The van der Waals surface area contributed by atoms with Crippen LogP contribution in [0.25, 0.3) is 0 Å². The highest BCUT2D eigenvalue weighted by Crippen LogP contribution is 2.23. The van der Waals surface area contributed by atoms with Crippen LogP contribution >= 0.6 is 11.6 Å². The average molecular weight is 373 g/mol. The SMILES string of the molecule is Cc1ccccc1OCCOc1ccc(Cl)cc1CCNC(=O)CC#N. The van der Waals surface area contributed by atoms with Crippen molar-refractivity contribution in [1.29, 1.82) is 5.26 Å². The molecule has 0 aliphatic heterocycles. The van der Waals surface area contributed by atoms with Crippen LogP contribution in [0, 0.1) is 18.3 Å². The summed E-state index contributed by atoms with van der Waals surface area (Å²) in [6.45, 7) is 3.22. The number of amides is 1. The van der Waals surface area contributed by atoms with Gasteiger partial charge < -0.3 is 14.8 Å². The van der Waals surface area contributed by atoms with E-state index in [1.807, 2.05) is 49.4 Å². The van der Waals surface area contributed by atoms with Crippen molar-refractivity contribution in [3.8, 4) is 17.6 Å². The molecule has 0 aliphatic rings. The Morgan fingerprint density at radius 1 is 1.15 bits per heavy atom. The van der Waals surface area contributed by atoms with Crippen LogP contribution in [0.4, 0.5) is 0 Å². The minimum atomic E-state index is -0.288. The molecule has 0 heterocycles. The molecule has 0 saturated heterocycles. The van der Waals surface area contributed by atoms with E-state index in [1.165, 1.54) is 0 Å². The zero-order chi connectivity index (χ0) is 18.8. The molecule has 1 N–H and O–H groups in total. The van der Waals surface area contributed by atoms with E-state index >= 15 is 0 Å². The smallest absolute Gasteiger partial charge is 0.234 e. The number of hydrogen-bond donors (Lipinski definition) is 1. The summed E-state index contributed by atoms with van der Waals surface area (Å²) in [6, 6.07) is 15.0. The number of carbonyl (C=O) groups excluding carboxylic acids is 1. The van der Waals surface area contributed by atoms with Gasteiger partial charge in [-0.25, -0.2) is 0 Å². The first-order chi connectivity index (χ1) is 12.6. The van der Waals surface area contributed by atoms with Gasteiger partial charge in [-0.3, -0.25) is 4.79 Å². The fourth-order valence-corrected chi connectivity index (χ4v) is 2.57. The first-order valence-corrected chi connectivity index (χ1v) is 8.71. The van der Waals surface area contributed by atoms with Gasteiger partial charge in [-0.05, 0) is 48.7 Å². The highest BCUT2D eigenvalue weighted by Gasteiger charge is 2.07. The molecule has 0 unspecified atom stereocenters. The summed E-state index contributed by atoms with van der Waals surface area (Å²) < 4.78 is 11.5. The molecule has 0 aromatic heterocycles. The molecule has 2 rings (SSSR count). The minimum Gasteiger partial charge on any atom is -0.490 e. The molecule has 1 amide bonds. The third-order valence-electron chi connectivity index (χ3n) is 3.67. The monoisotopic (exact) mass is 372 g/mol. The van der Waals surface area contributed by atoms with Gasteiger partial charge in [0.05, 0.1) is 6.07 Å². The maximum atomic E-state index is 11.4. The fraction of sp³-hybridized carbons (Fsp3) is 0.300. The van der Waals surface area contributed by atoms with Gasteiger partial charge in [0.15, 0.2) is 0 Å². The number of rotatable bonds is 9. The number of nitrogens with one attached hydrogen (secondary N) is 1. The van der Waals surface area contributed by atoms with E-state index in [0.29, 0.717) is 37.0 Å². The third-order valence-corrected chi connectivity index (χ3v) is 3.91. The van der Waals surface area contributed by atoms with E-state index < -0.39 is 0 Å². The molecule has 2 aromatic rings. The van der Waals surface area contributed by atoms with Crippen LogP contribution in [0.5, 0.6) is 11.5 Å². The summed E-state index contributed by atoms with van der Waals surface area (Å²) in [5.41, 5.74) is 1.97. The van der Waals surface area contributed by atoms with E-state index in [-0.39, 0.29) is 12.3 Å². The lowest BCUT2D eigenvalue weighted by Gasteiger charge is -2.13. The Morgan fingerprint density at radius 3 is 2.62 bits per heavy atom. The molecular weight excluding hydrogens is 352 g/mol. The Kier molecular flexibility index (Phi) is 7.78. The summed E-state index contributed by atoms with van der Waals surface area (Å²) in [5.74, 6) is 1.26. The minimum absolute atomic E-state index is 0.144. The molecule has 0 radical (unpaired) electrons. The number of nitrogens with zero attached hydrogens (tertiary/aromatic N) is 1. The van der Waals surface area contributed by atoms with Crippen LogP contribution in [0.3, 0.4) is 0 Å². The Labute approximate surface area is 158 Å². The molecule has 2 aromatic carbocycles. The maximum absolute atomic E-state index is 11.4. The highest BCUT2D eigenvalue weighted by atomic mass is 35.5. The van der Waals surface area contributed by atoms with Gasteiger partial charge in [0.1, 0.15) is 31.1 Å². The summed E-state index contributed by atoms with van der Waals surface area (Å²) in [5, 5.41) is 11.8. The van der Waals surface area contributed by atoms with Gasteiger partial charge in [0.25, 0.3) is 0 Å². The zero-order valence-electron chi connectivity index (χ0n) is 14.6. The number of para-hydroxylation sites is 1. The molecule has 0 bridgehead atoms. The number of halogens is 1. The molecule has 0 spiro atoms. The van der Waals surface area contributed by atoms with Crippen LogP contribution in [0.2, 0.25) is 5.02 Å². The van der Waals surface area contributed by atoms with Gasteiger partial charge in [0.2, 0.25) is 5.91 Å². The molecule has 0 saturated carbocycles. The lowest BCUT2D eigenvalue weighted by atomic mass is 10.1. The first-order valence-electron chi connectivity index (χ1n) is 8.33. The molecule has 0 fully saturated rings. The number of carbonyl (C=O) groups is 1. The van der Waals surface area contributed by atoms with Crippen molar-refractivity contribution in [3.05, 3.63) is 58.6 Å². The molecule has 0 atom stereocenters. The normalized spacial score (nSPS) is 10.0. The van der Waals surface area contributed by atoms with Gasteiger partial charge in [-0.1, -0.05) is 29.8 Å². The predicted molar refractivity (Wildman–Crippen MR) is 101 cm³/mol. The number of hydrogen-bond acceptors (Lipinski definition) is 4. The van der Waals surface area contributed by atoms with Crippen molar-refractivity contribution in [3.63, 3.8) is 0 Å². The second-order valence-corrected chi connectivity index (χ2v) is 6.09.